The van der Waals surface area contributed by atoms with E-state index in [0.717, 1.165) is 38.3 Å². The highest BCUT2D eigenvalue weighted by atomic mass is 16.4. The fraction of sp³-hybridized carbons (Fsp3) is 0.538. The Labute approximate surface area is 108 Å². The summed E-state index contributed by atoms with van der Waals surface area (Å²) in [6.45, 7) is 8.40. The van der Waals surface area contributed by atoms with E-state index in [4.69, 9.17) is 5.11 Å². The highest BCUT2D eigenvalue weighted by Crippen LogP contribution is 2.06. The van der Waals surface area contributed by atoms with Gasteiger partial charge in [-0.15, -0.1) is 0 Å². The molecule has 0 aliphatic rings. The molecule has 0 unspecified atom stereocenters. The third-order valence-corrected chi connectivity index (χ3v) is 2.86. The number of carboxylic acids is 1. The maximum Gasteiger partial charge on any atom is 0.354 e. The maximum absolute atomic E-state index is 10.6. The lowest BCUT2D eigenvalue weighted by molar-refractivity contribution is 0.0690. The number of hydrogen-bond acceptors (Lipinski definition) is 4. The summed E-state index contributed by atoms with van der Waals surface area (Å²) in [6, 6.07) is 3.25. The number of nitrogens with zero attached hydrogens (tertiary/aromatic N) is 2. The fourth-order valence-electron chi connectivity index (χ4n) is 1.70. The molecule has 0 atom stereocenters. The molecule has 1 aromatic rings. The van der Waals surface area contributed by atoms with E-state index in [2.05, 4.69) is 29.0 Å². The van der Waals surface area contributed by atoms with E-state index in [1.165, 1.54) is 6.07 Å². The number of aromatic nitrogens is 1. The number of anilines is 1. The molecule has 0 bridgehead atoms. The number of pyridine rings is 1. The molecule has 0 saturated heterocycles. The summed E-state index contributed by atoms with van der Waals surface area (Å²) in [4.78, 5) is 16.8. The van der Waals surface area contributed by atoms with Crippen LogP contribution < -0.4 is 5.32 Å². The molecule has 5 nitrogen and oxygen atoms in total. The van der Waals surface area contributed by atoms with E-state index < -0.39 is 5.97 Å². The summed E-state index contributed by atoms with van der Waals surface area (Å²) in [5.74, 6) is -0.997. The van der Waals surface area contributed by atoms with Crippen molar-refractivity contribution in [1.82, 2.24) is 9.88 Å². The van der Waals surface area contributed by atoms with Crippen molar-refractivity contribution in [3.8, 4) is 0 Å². The van der Waals surface area contributed by atoms with Gasteiger partial charge >= 0.3 is 5.97 Å². The third-order valence-electron chi connectivity index (χ3n) is 2.86. The van der Waals surface area contributed by atoms with Crippen LogP contribution in [0.4, 0.5) is 5.69 Å². The first-order valence-electron chi connectivity index (χ1n) is 6.33. The summed E-state index contributed by atoms with van der Waals surface area (Å²) >= 11 is 0. The second kappa shape index (κ2) is 7.66. The molecule has 0 aromatic carbocycles. The molecule has 1 aromatic heterocycles. The van der Waals surface area contributed by atoms with E-state index in [0.29, 0.717) is 0 Å². The lowest BCUT2D eigenvalue weighted by Crippen LogP contribution is -2.25. The Morgan fingerprint density at radius 1 is 1.39 bits per heavy atom. The highest BCUT2D eigenvalue weighted by Gasteiger charge is 2.03. The second-order valence-corrected chi connectivity index (χ2v) is 4.04. The Morgan fingerprint density at radius 3 is 2.61 bits per heavy atom. The van der Waals surface area contributed by atoms with Gasteiger partial charge in [0.15, 0.2) is 0 Å². The maximum atomic E-state index is 10.6. The van der Waals surface area contributed by atoms with Crippen LogP contribution in [-0.4, -0.2) is 47.1 Å². The minimum atomic E-state index is -0.997. The molecule has 1 heterocycles. The molecule has 5 heteroatoms. The van der Waals surface area contributed by atoms with Crippen molar-refractivity contribution in [3.05, 3.63) is 24.0 Å². The van der Waals surface area contributed by atoms with Gasteiger partial charge in [-0.2, -0.15) is 0 Å². The Kier molecular flexibility index (Phi) is 6.14. The van der Waals surface area contributed by atoms with Crippen LogP contribution in [0.3, 0.4) is 0 Å². The van der Waals surface area contributed by atoms with Crippen molar-refractivity contribution >= 4 is 11.7 Å². The first-order valence-corrected chi connectivity index (χ1v) is 6.33. The normalized spacial score (nSPS) is 10.6. The van der Waals surface area contributed by atoms with E-state index >= 15 is 0 Å². The number of rotatable bonds is 8. The zero-order valence-corrected chi connectivity index (χ0v) is 11.0. The van der Waals surface area contributed by atoms with Gasteiger partial charge in [0.2, 0.25) is 0 Å². The molecular weight excluding hydrogens is 230 g/mol. The molecule has 0 saturated carbocycles. The Hall–Kier alpha value is -1.62. The predicted octanol–water partition coefficient (Wildman–Crippen LogP) is 1.92. The highest BCUT2D eigenvalue weighted by molar-refractivity contribution is 5.85. The topological polar surface area (TPSA) is 65.5 Å². The average molecular weight is 251 g/mol. The molecular formula is C13H21N3O2. The number of carboxylic acid groups (broad SMARTS) is 1. The number of carbonyl (C=O) groups is 1. The van der Waals surface area contributed by atoms with Gasteiger partial charge in [-0.3, -0.25) is 0 Å². The first kappa shape index (κ1) is 14.4. The molecule has 0 amide bonds. The van der Waals surface area contributed by atoms with Crippen molar-refractivity contribution in [1.29, 1.82) is 0 Å². The Morgan fingerprint density at radius 2 is 2.11 bits per heavy atom. The molecule has 2 N–H and O–H groups in total. The Bertz CT molecular complexity index is 361. The van der Waals surface area contributed by atoms with Crippen LogP contribution in [0.15, 0.2) is 18.3 Å². The monoisotopic (exact) mass is 251 g/mol. The van der Waals surface area contributed by atoms with Gasteiger partial charge in [0.25, 0.3) is 0 Å². The molecule has 18 heavy (non-hydrogen) atoms. The predicted molar refractivity (Wildman–Crippen MR) is 72.1 cm³/mol. The Balaban J connectivity index is 2.29. The zero-order valence-electron chi connectivity index (χ0n) is 11.0. The van der Waals surface area contributed by atoms with Crippen molar-refractivity contribution in [3.63, 3.8) is 0 Å². The summed E-state index contributed by atoms with van der Waals surface area (Å²) in [6.07, 6.45) is 2.61. The first-order chi connectivity index (χ1) is 8.67. The van der Waals surface area contributed by atoms with Crippen LogP contribution in [0.1, 0.15) is 30.8 Å². The van der Waals surface area contributed by atoms with Gasteiger partial charge in [-0.1, -0.05) is 13.8 Å². The van der Waals surface area contributed by atoms with E-state index in [1.54, 1.807) is 12.3 Å². The lowest BCUT2D eigenvalue weighted by Gasteiger charge is -2.17. The van der Waals surface area contributed by atoms with Crippen LogP contribution >= 0.6 is 0 Å². The van der Waals surface area contributed by atoms with Crippen LogP contribution in [0.2, 0.25) is 0 Å². The average Bonchev–Trinajstić information content (AvgIpc) is 2.39. The summed E-state index contributed by atoms with van der Waals surface area (Å²) in [5, 5.41) is 11.9. The third kappa shape index (κ3) is 4.71. The fourth-order valence-corrected chi connectivity index (χ4v) is 1.70. The summed E-state index contributed by atoms with van der Waals surface area (Å²) in [5.41, 5.74) is 0.934. The summed E-state index contributed by atoms with van der Waals surface area (Å²) in [7, 11) is 0. The summed E-state index contributed by atoms with van der Waals surface area (Å²) < 4.78 is 0. The van der Waals surface area contributed by atoms with E-state index in [9.17, 15) is 4.79 Å². The number of hydrogen-bond donors (Lipinski definition) is 2. The van der Waals surface area contributed by atoms with Gasteiger partial charge in [-0.05, 0) is 38.2 Å². The largest absolute Gasteiger partial charge is 0.477 e. The van der Waals surface area contributed by atoms with Crippen molar-refractivity contribution in [2.75, 3.05) is 31.5 Å². The molecule has 0 radical (unpaired) electrons. The zero-order chi connectivity index (χ0) is 13.4. The smallest absolute Gasteiger partial charge is 0.354 e. The van der Waals surface area contributed by atoms with Gasteiger partial charge < -0.3 is 15.3 Å². The van der Waals surface area contributed by atoms with Crippen molar-refractivity contribution < 1.29 is 9.90 Å². The van der Waals surface area contributed by atoms with E-state index in [1.807, 2.05) is 0 Å². The minimum Gasteiger partial charge on any atom is -0.477 e. The quantitative estimate of drug-likeness (QED) is 0.691. The second-order valence-electron chi connectivity index (χ2n) is 4.04. The van der Waals surface area contributed by atoms with Gasteiger partial charge in [0.05, 0.1) is 11.9 Å². The SMILES string of the molecule is CCN(CC)CCCNc1ccc(C(=O)O)nc1. The lowest BCUT2D eigenvalue weighted by atomic mass is 10.3. The molecule has 0 spiro atoms. The van der Waals surface area contributed by atoms with Crippen LogP contribution in [0.5, 0.6) is 0 Å². The van der Waals surface area contributed by atoms with E-state index in [-0.39, 0.29) is 5.69 Å². The van der Waals surface area contributed by atoms with Crippen molar-refractivity contribution in [2.45, 2.75) is 20.3 Å². The molecule has 0 fully saturated rings. The van der Waals surface area contributed by atoms with Gasteiger partial charge in [0, 0.05) is 6.54 Å². The molecule has 100 valence electrons. The molecule has 0 aliphatic heterocycles. The van der Waals surface area contributed by atoms with Crippen molar-refractivity contribution in [2.24, 2.45) is 0 Å². The van der Waals surface area contributed by atoms with Gasteiger partial charge in [0.1, 0.15) is 5.69 Å². The number of nitrogens with one attached hydrogen (secondary N) is 1. The van der Waals surface area contributed by atoms with Crippen LogP contribution in [-0.2, 0) is 0 Å². The standard InChI is InChI=1S/C13H21N3O2/c1-3-16(4-2)9-5-8-14-11-6-7-12(13(17)18)15-10-11/h6-7,10,14H,3-5,8-9H2,1-2H3,(H,17,18). The van der Waals surface area contributed by atoms with Gasteiger partial charge in [-0.25, -0.2) is 9.78 Å². The van der Waals surface area contributed by atoms with Crippen LogP contribution in [0, 0.1) is 0 Å². The number of aromatic carboxylic acids is 1. The molecule has 0 aliphatic carbocycles. The minimum absolute atomic E-state index is 0.0729. The molecule has 1 rings (SSSR count). The van der Waals surface area contributed by atoms with Crippen LogP contribution in [0.25, 0.3) is 0 Å².